The van der Waals surface area contributed by atoms with Gasteiger partial charge in [-0.1, -0.05) is 6.58 Å². The highest BCUT2D eigenvalue weighted by molar-refractivity contribution is 5.95. The van der Waals surface area contributed by atoms with Crippen LogP contribution in [0.2, 0.25) is 0 Å². The third kappa shape index (κ3) is 7.00. The largest absolute Gasteiger partial charge is 0.495 e. The summed E-state index contributed by atoms with van der Waals surface area (Å²) < 4.78 is 52.0. The number of nitrogens with one attached hydrogen (secondary N) is 3. The van der Waals surface area contributed by atoms with E-state index < -0.39 is 17.6 Å². The van der Waals surface area contributed by atoms with Crippen molar-refractivity contribution in [2.24, 2.45) is 0 Å². The Kier molecular flexibility index (Phi) is 8.78. The van der Waals surface area contributed by atoms with E-state index in [-0.39, 0.29) is 23.6 Å². The number of hydrogen-bond acceptors (Lipinski definition) is 8. The van der Waals surface area contributed by atoms with Crippen LogP contribution in [0.5, 0.6) is 17.4 Å². The molecule has 0 spiro atoms. The lowest BCUT2D eigenvalue weighted by molar-refractivity contribution is -0.139. The quantitative estimate of drug-likeness (QED) is 0.337. The molecule has 0 unspecified atom stereocenters. The Morgan fingerprint density at radius 2 is 1.77 bits per heavy atom. The van der Waals surface area contributed by atoms with Crippen molar-refractivity contribution in [2.75, 3.05) is 39.6 Å². The highest BCUT2D eigenvalue weighted by Gasteiger charge is 2.36. The van der Waals surface area contributed by atoms with Crippen molar-refractivity contribution in [1.29, 1.82) is 0 Å². The number of hydrogen-bond donors (Lipinski definition) is 3. The zero-order valence-electron chi connectivity index (χ0n) is 22.4. The van der Waals surface area contributed by atoms with Crippen LogP contribution < -0.4 is 25.4 Å². The van der Waals surface area contributed by atoms with Gasteiger partial charge in [-0.25, -0.2) is 4.98 Å². The van der Waals surface area contributed by atoms with Crippen LogP contribution in [0.4, 0.5) is 24.8 Å². The van der Waals surface area contributed by atoms with Gasteiger partial charge >= 0.3 is 6.18 Å². The molecule has 2 aromatic carbocycles. The summed E-state index contributed by atoms with van der Waals surface area (Å²) in [5.74, 6) is -0.601. The van der Waals surface area contributed by atoms with Gasteiger partial charge in [-0.2, -0.15) is 18.2 Å². The number of carbonyl (C=O) groups excluding carboxylic acids is 1. The van der Waals surface area contributed by atoms with Crippen molar-refractivity contribution in [1.82, 2.24) is 25.5 Å². The second-order valence-corrected chi connectivity index (χ2v) is 9.36. The molecular weight excluding hydrogens is 525 g/mol. The molecule has 1 saturated heterocycles. The van der Waals surface area contributed by atoms with E-state index in [0.29, 0.717) is 28.9 Å². The van der Waals surface area contributed by atoms with Crippen LogP contribution in [0, 0.1) is 0 Å². The molecule has 1 aliphatic rings. The number of methoxy groups -OCH3 is 1. The Morgan fingerprint density at radius 1 is 1.10 bits per heavy atom. The normalized spacial score (nSPS) is 14.3. The maximum Gasteiger partial charge on any atom is 0.423 e. The predicted octanol–water partition coefficient (Wildman–Crippen LogP) is 5.05. The van der Waals surface area contributed by atoms with E-state index in [9.17, 15) is 18.0 Å². The average Bonchev–Trinajstić information content (AvgIpc) is 2.94. The molecule has 40 heavy (non-hydrogen) atoms. The molecule has 2 heterocycles. The number of anilines is 2. The first-order chi connectivity index (χ1) is 19.1. The zero-order chi connectivity index (χ0) is 28.9. The highest BCUT2D eigenvalue weighted by Crippen LogP contribution is 2.38. The standard InChI is InChI=1S/C28H31F3N6O3/c1-17(32-2)18-5-8-21(9-6-18)40-26-22(28(29,30)31)16-33-27(36-26)35-23-10-7-19(15-24(23)39-4)25(38)34-20-11-13-37(3)14-12-20/h5-10,15-16,20,32H,1,11-14H2,2-4H3,(H,34,38)(H,33,35,36). The monoisotopic (exact) mass is 556 g/mol. The van der Waals surface area contributed by atoms with E-state index in [1.54, 1.807) is 37.4 Å². The molecule has 3 N–H and O–H groups in total. The summed E-state index contributed by atoms with van der Waals surface area (Å²) in [6.07, 6.45) is -2.36. The minimum Gasteiger partial charge on any atom is -0.495 e. The van der Waals surface area contributed by atoms with Gasteiger partial charge in [-0.05, 0) is 81.0 Å². The number of alkyl halides is 3. The summed E-state index contributed by atoms with van der Waals surface area (Å²) in [6.45, 7) is 5.67. The minimum atomic E-state index is -4.74. The fraction of sp³-hybridized carbons (Fsp3) is 0.321. The van der Waals surface area contributed by atoms with Gasteiger partial charge in [0, 0.05) is 30.5 Å². The van der Waals surface area contributed by atoms with E-state index in [1.165, 1.54) is 19.2 Å². The summed E-state index contributed by atoms with van der Waals surface area (Å²) in [4.78, 5) is 22.8. The van der Waals surface area contributed by atoms with Crippen LogP contribution in [0.1, 0.15) is 34.3 Å². The number of ether oxygens (including phenoxy) is 2. The van der Waals surface area contributed by atoms with Crippen molar-refractivity contribution in [2.45, 2.75) is 25.1 Å². The number of nitrogens with zero attached hydrogens (tertiary/aromatic N) is 3. The summed E-state index contributed by atoms with van der Waals surface area (Å²) in [5, 5.41) is 8.80. The fourth-order valence-corrected chi connectivity index (χ4v) is 4.16. The second kappa shape index (κ2) is 12.2. The van der Waals surface area contributed by atoms with Gasteiger partial charge in [-0.3, -0.25) is 4.79 Å². The Bertz CT molecular complexity index is 1360. The minimum absolute atomic E-state index is 0.0878. The van der Waals surface area contributed by atoms with Crippen LogP contribution in [0.15, 0.2) is 55.2 Å². The lowest BCUT2D eigenvalue weighted by Crippen LogP contribution is -2.43. The third-order valence-electron chi connectivity index (χ3n) is 6.54. The molecule has 0 atom stereocenters. The third-order valence-corrected chi connectivity index (χ3v) is 6.54. The number of likely N-dealkylation sites (tertiary alicyclic amines) is 1. The molecular formula is C28H31F3N6O3. The number of piperidine rings is 1. The van der Waals surface area contributed by atoms with Crippen molar-refractivity contribution in [3.05, 3.63) is 71.9 Å². The molecule has 1 fully saturated rings. The lowest BCUT2D eigenvalue weighted by Gasteiger charge is -2.29. The van der Waals surface area contributed by atoms with Crippen molar-refractivity contribution >= 4 is 23.2 Å². The van der Waals surface area contributed by atoms with Gasteiger partial charge in [0.15, 0.2) is 0 Å². The van der Waals surface area contributed by atoms with Crippen molar-refractivity contribution in [3.8, 4) is 17.4 Å². The van der Waals surface area contributed by atoms with Crippen LogP contribution in [0.3, 0.4) is 0 Å². The van der Waals surface area contributed by atoms with Gasteiger partial charge in [0.25, 0.3) is 5.91 Å². The molecule has 1 amide bonds. The number of aromatic nitrogens is 2. The maximum atomic E-state index is 13.7. The summed E-state index contributed by atoms with van der Waals surface area (Å²) in [5.41, 5.74) is 1.03. The lowest BCUT2D eigenvalue weighted by atomic mass is 10.0. The molecule has 4 rings (SSSR count). The van der Waals surface area contributed by atoms with E-state index >= 15 is 0 Å². The van der Waals surface area contributed by atoms with Crippen LogP contribution in [-0.4, -0.2) is 61.1 Å². The Hall–Kier alpha value is -4.32. The van der Waals surface area contributed by atoms with Crippen LogP contribution >= 0.6 is 0 Å². The maximum absolute atomic E-state index is 13.7. The zero-order valence-corrected chi connectivity index (χ0v) is 22.4. The predicted molar refractivity (Wildman–Crippen MR) is 146 cm³/mol. The fourth-order valence-electron chi connectivity index (χ4n) is 4.16. The van der Waals surface area contributed by atoms with Crippen LogP contribution in [0.25, 0.3) is 5.70 Å². The molecule has 0 saturated carbocycles. The Morgan fingerprint density at radius 3 is 2.40 bits per heavy atom. The molecule has 212 valence electrons. The number of rotatable bonds is 9. The molecule has 0 bridgehead atoms. The van der Waals surface area contributed by atoms with Gasteiger partial charge in [0.05, 0.1) is 12.8 Å². The van der Waals surface area contributed by atoms with E-state index in [2.05, 4.69) is 37.4 Å². The van der Waals surface area contributed by atoms with Gasteiger partial charge in [0.2, 0.25) is 11.8 Å². The molecule has 0 aliphatic carbocycles. The second-order valence-electron chi connectivity index (χ2n) is 9.36. The molecule has 1 aliphatic heterocycles. The number of benzene rings is 2. The summed E-state index contributed by atoms with van der Waals surface area (Å²) in [6, 6.07) is 11.2. The number of amides is 1. The van der Waals surface area contributed by atoms with Crippen molar-refractivity contribution < 1.29 is 27.4 Å². The Balaban J connectivity index is 1.54. The van der Waals surface area contributed by atoms with E-state index in [0.717, 1.165) is 31.5 Å². The molecule has 1 aromatic heterocycles. The average molecular weight is 557 g/mol. The molecule has 9 nitrogen and oxygen atoms in total. The topological polar surface area (TPSA) is 101 Å². The summed E-state index contributed by atoms with van der Waals surface area (Å²) in [7, 11) is 5.18. The van der Waals surface area contributed by atoms with E-state index in [4.69, 9.17) is 9.47 Å². The Labute approximate surface area is 230 Å². The van der Waals surface area contributed by atoms with Crippen LogP contribution in [-0.2, 0) is 6.18 Å². The number of halogens is 3. The molecule has 3 aromatic rings. The van der Waals surface area contributed by atoms with Gasteiger partial charge in [0.1, 0.15) is 17.1 Å². The SMILES string of the molecule is C=C(NC)c1ccc(Oc2nc(Nc3ccc(C(=O)NC4CCN(C)CC4)cc3OC)ncc2C(F)(F)F)cc1. The first-order valence-corrected chi connectivity index (χ1v) is 12.6. The first-order valence-electron chi connectivity index (χ1n) is 12.6. The van der Waals surface area contributed by atoms with Gasteiger partial charge in [-0.15, -0.1) is 0 Å². The first kappa shape index (κ1) is 28.7. The molecule has 12 heteroatoms. The smallest absolute Gasteiger partial charge is 0.423 e. The molecule has 0 radical (unpaired) electrons. The van der Waals surface area contributed by atoms with E-state index in [1.807, 2.05) is 7.05 Å². The summed E-state index contributed by atoms with van der Waals surface area (Å²) >= 11 is 0. The van der Waals surface area contributed by atoms with Gasteiger partial charge < -0.3 is 30.3 Å². The number of carbonyl (C=O) groups is 1. The highest BCUT2D eigenvalue weighted by atomic mass is 19.4. The van der Waals surface area contributed by atoms with Crippen molar-refractivity contribution in [3.63, 3.8) is 0 Å².